The fourth-order valence-electron chi connectivity index (χ4n) is 3.88. The first-order valence-electron chi connectivity index (χ1n) is 10.8. The number of ether oxygens (including phenoxy) is 1. The lowest BCUT2D eigenvalue weighted by Crippen LogP contribution is -2.36. The third-order valence-corrected chi connectivity index (χ3v) is 6.14. The Hall–Kier alpha value is -1.26. The highest BCUT2D eigenvalue weighted by molar-refractivity contribution is 6.23. The summed E-state index contributed by atoms with van der Waals surface area (Å²) < 4.78 is 4.99. The highest BCUT2D eigenvalue weighted by atomic mass is 35.5. The lowest BCUT2D eigenvalue weighted by Gasteiger charge is -2.24. The normalized spacial score (nSPS) is 17.1. The topological polar surface area (TPSA) is 46.6 Å². The Morgan fingerprint density at radius 3 is 2.52 bits per heavy atom. The molecule has 2 amide bonds. The standard InChI is InChI=1S/C23H33Cl2NO3/c1-3-5-6-12-21(22(27)26-13-14-29-23(26)28)20-11-8-7-10-17(20)15-19(25)16-18(24)9-4-2/h7-8,10-11,18-19,21H,3-6,9,12-16H2,1-2H3. The molecule has 1 saturated heterocycles. The van der Waals surface area contributed by atoms with Crippen LogP contribution in [-0.2, 0) is 16.0 Å². The number of benzene rings is 1. The molecule has 0 spiro atoms. The summed E-state index contributed by atoms with van der Waals surface area (Å²) in [6.45, 7) is 4.85. The third-order valence-electron chi connectivity index (χ3n) is 5.41. The van der Waals surface area contributed by atoms with Gasteiger partial charge in [0.15, 0.2) is 0 Å². The Morgan fingerprint density at radius 1 is 1.10 bits per heavy atom. The molecule has 1 aromatic rings. The molecule has 3 atom stereocenters. The number of unbranched alkanes of at least 4 members (excludes halogenated alkanes) is 2. The van der Waals surface area contributed by atoms with Gasteiger partial charge in [-0.25, -0.2) is 9.69 Å². The number of carbonyl (C=O) groups excluding carboxylic acids is 2. The van der Waals surface area contributed by atoms with Crippen LogP contribution < -0.4 is 0 Å². The first-order valence-corrected chi connectivity index (χ1v) is 11.7. The first kappa shape index (κ1) is 24.0. The second kappa shape index (κ2) is 12.4. The number of halogens is 2. The molecule has 162 valence electrons. The Labute approximate surface area is 184 Å². The number of nitrogens with zero attached hydrogens (tertiary/aromatic N) is 1. The average Bonchev–Trinajstić information content (AvgIpc) is 3.11. The maximum Gasteiger partial charge on any atom is 0.416 e. The van der Waals surface area contributed by atoms with Gasteiger partial charge in [-0.3, -0.25) is 4.79 Å². The van der Waals surface area contributed by atoms with Crippen LogP contribution in [0.2, 0.25) is 0 Å². The maximum absolute atomic E-state index is 13.2. The van der Waals surface area contributed by atoms with Gasteiger partial charge in [0.2, 0.25) is 5.91 Å². The van der Waals surface area contributed by atoms with E-state index in [-0.39, 0.29) is 29.2 Å². The molecular formula is C23H33Cl2NO3. The average molecular weight is 442 g/mol. The summed E-state index contributed by atoms with van der Waals surface area (Å²) in [7, 11) is 0. The van der Waals surface area contributed by atoms with E-state index < -0.39 is 6.09 Å². The van der Waals surface area contributed by atoms with E-state index in [0.29, 0.717) is 19.4 Å². The van der Waals surface area contributed by atoms with Crippen LogP contribution in [0.15, 0.2) is 24.3 Å². The largest absolute Gasteiger partial charge is 0.447 e. The van der Waals surface area contributed by atoms with Crippen molar-refractivity contribution in [2.24, 2.45) is 0 Å². The molecule has 1 aliphatic heterocycles. The van der Waals surface area contributed by atoms with Crippen molar-refractivity contribution in [2.45, 2.75) is 81.9 Å². The molecule has 6 heteroatoms. The SMILES string of the molecule is CCCCCC(C(=O)N1CCOC1=O)c1ccccc1CC(Cl)CC(Cl)CCC. The minimum atomic E-state index is -0.535. The molecule has 0 bridgehead atoms. The third kappa shape index (κ3) is 7.18. The van der Waals surface area contributed by atoms with Crippen LogP contribution in [0, 0.1) is 0 Å². The second-order valence-corrected chi connectivity index (χ2v) is 9.01. The van der Waals surface area contributed by atoms with E-state index in [2.05, 4.69) is 13.8 Å². The van der Waals surface area contributed by atoms with Gasteiger partial charge in [0, 0.05) is 10.8 Å². The number of amides is 2. The first-order chi connectivity index (χ1) is 14.0. The van der Waals surface area contributed by atoms with E-state index in [1.807, 2.05) is 24.3 Å². The van der Waals surface area contributed by atoms with Crippen molar-refractivity contribution in [2.75, 3.05) is 13.2 Å². The summed E-state index contributed by atoms with van der Waals surface area (Å²) in [5, 5.41) is -0.0237. The molecule has 1 aromatic carbocycles. The number of hydrogen-bond acceptors (Lipinski definition) is 3. The monoisotopic (exact) mass is 441 g/mol. The number of cyclic esters (lactones) is 1. The van der Waals surface area contributed by atoms with Gasteiger partial charge in [-0.05, 0) is 36.8 Å². The van der Waals surface area contributed by atoms with Crippen LogP contribution in [0.1, 0.15) is 75.8 Å². The van der Waals surface area contributed by atoms with Crippen molar-refractivity contribution in [3.05, 3.63) is 35.4 Å². The molecule has 0 saturated carbocycles. The van der Waals surface area contributed by atoms with E-state index in [4.69, 9.17) is 27.9 Å². The van der Waals surface area contributed by atoms with Crippen molar-refractivity contribution < 1.29 is 14.3 Å². The van der Waals surface area contributed by atoms with Gasteiger partial charge >= 0.3 is 6.09 Å². The maximum atomic E-state index is 13.2. The molecule has 29 heavy (non-hydrogen) atoms. The van der Waals surface area contributed by atoms with Gasteiger partial charge in [-0.15, -0.1) is 23.2 Å². The van der Waals surface area contributed by atoms with Crippen LogP contribution in [0.5, 0.6) is 0 Å². The van der Waals surface area contributed by atoms with E-state index in [1.54, 1.807) is 0 Å². The Balaban J connectivity index is 2.21. The fourth-order valence-corrected chi connectivity index (χ4v) is 4.79. The van der Waals surface area contributed by atoms with Crippen molar-refractivity contribution in [3.8, 4) is 0 Å². The van der Waals surface area contributed by atoms with Crippen LogP contribution in [-0.4, -0.2) is 40.8 Å². The lowest BCUT2D eigenvalue weighted by atomic mass is 9.86. The Morgan fingerprint density at radius 2 is 1.86 bits per heavy atom. The smallest absolute Gasteiger partial charge is 0.416 e. The van der Waals surface area contributed by atoms with Gasteiger partial charge in [-0.1, -0.05) is 63.8 Å². The van der Waals surface area contributed by atoms with Gasteiger partial charge in [0.05, 0.1) is 12.5 Å². The highest BCUT2D eigenvalue weighted by Crippen LogP contribution is 2.31. The van der Waals surface area contributed by atoms with E-state index >= 15 is 0 Å². The van der Waals surface area contributed by atoms with E-state index in [9.17, 15) is 9.59 Å². The van der Waals surface area contributed by atoms with E-state index in [0.717, 1.165) is 49.7 Å². The summed E-state index contributed by atoms with van der Waals surface area (Å²) in [5.74, 6) is -0.516. The number of carbonyl (C=O) groups is 2. The second-order valence-electron chi connectivity index (χ2n) is 7.77. The van der Waals surface area contributed by atoms with Crippen molar-refractivity contribution in [1.82, 2.24) is 4.90 Å². The predicted molar refractivity (Wildman–Crippen MR) is 119 cm³/mol. The summed E-state index contributed by atoms with van der Waals surface area (Å²) in [5.41, 5.74) is 2.04. The van der Waals surface area contributed by atoms with Crippen LogP contribution in [0.25, 0.3) is 0 Å². The van der Waals surface area contributed by atoms with Gasteiger partial charge in [0.1, 0.15) is 6.61 Å². The minimum absolute atomic E-state index is 0.0658. The van der Waals surface area contributed by atoms with Crippen molar-refractivity contribution in [1.29, 1.82) is 0 Å². The molecular weight excluding hydrogens is 409 g/mol. The van der Waals surface area contributed by atoms with Crippen molar-refractivity contribution >= 4 is 35.2 Å². The Kier molecular flexibility index (Phi) is 10.3. The zero-order valence-corrected chi connectivity index (χ0v) is 19.1. The fraction of sp³-hybridized carbons (Fsp3) is 0.652. The minimum Gasteiger partial charge on any atom is -0.447 e. The number of imide groups is 1. The molecule has 3 unspecified atom stereocenters. The van der Waals surface area contributed by atoms with Gasteiger partial charge in [-0.2, -0.15) is 0 Å². The zero-order chi connectivity index (χ0) is 21.2. The van der Waals surface area contributed by atoms with E-state index in [1.165, 1.54) is 4.90 Å². The molecule has 1 heterocycles. The van der Waals surface area contributed by atoms with Crippen LogP contribution in [0.4, 0.5) is 4.79 Å². The molecule has 0 radical (unpaired) electrons. The van der Waals surface area contributed by atoms with Crippen LogP contribution in [0.3, 0.4) is 0 Å². The number of hydrogen-bond donors (Lipinski definition) is 0. The molecule has 1 aliphatic rings. The number of rotatable bonds is 12. The molecule has 2 rings (SSSR count). The summed E-state index contributed by atoms with van der Waals surface area (Å²) in [4.78, 5) is 26.4. The van der Waals surface area contributed by atoms with Crippen LogP contribution >= 0.6 is 23.2 Å². The number of alkyl halides is 2. The molecule has 0 aliphatic carbocycles. The predicted octanol–water partition coefficient (Wildman–Crippen LogP) is 6.28. The quantitative estimate of drug-likeness (QED) is 0.283. The molecule has 0 N–H and O–H groups in total. The Bertz CT molecular complexity index is 667. The molecule has 1 fully saturated rings. The van der Waals surface area contributed by atoms with Gasteiger partial charge < -0.3 is 4.74 Å². The van der Waals surface area contributed by atoms with Gasteiger partial charge in [0.25, 0.3) is 0 Å². The summed E-state index contributed by atoms with van der Waals surface area (Å²) in [6, 6.07) is 7.96. The highest BCUT2D eigenvalue weighted by Gasteiger charge is 2.35. The zero-order valence-electron chi connectivity index (χ0n) is 17.5. The lowest BCUT2D eigenvalue weighted by molar-refractivity contribution is -0.129. The molecule has 0 aromatic heterocycles. The summed E-state index contributed by atoms with van der Waals surface area (Å²) >= 11 is 13.0. The van der Waals surface area contributed by atoms with Crippen molar-refractivity contribution in [3.63, 3.8) is 0 Å². The molecule has 4 nitrogen and oxygen atoms in total. The summed E-state index contributed by atoms with van der Waals surface area (Å²) in [6.07, 6.45) is 6.63.